The van der Waals surface area contributed by atoms with Gasteiger partial charge in [-0.3, -0.25) is 9.48 Å². The summed E-state index contributed by atoms with van der Waals surface area (Å²) in [6.45, 7) is 0.669. The van der Waals surface area contributed by atoms with Gasteiger partial charge in [-0.1, -0.05) is 23.7 Å². The molecule has 0 fully saturated rings. The lowest BCUT2D eigenvalue weighted by molar-refractivity contribution is -0.390. The van der Waals surface area contributed by atoms with Crippen molar-refractivity contribution in [1.29, 1.82) is 0 Å². The van der Waals surface area contributed by atoms with E-state index in [0.717, 1.165) is 5.56 Å². The standard InChI is InChI=1S/C19H14BrClN6O4/c20-16-11-26(24-18(16)27(29)30)10-15-5-6-17(31-15)19(28)23-14-7-22-25(9-14)8-12-1-3-13(21)4-2-12/h1-7,9,11H,8,10H2,(H,23,28). The first kappa shape index (κ1) is 20.8. The molecule has 3 heterocycles. The molecule has 1 N–H and O–H groups in total. The topological polar surface area (TPSA) is 121 Å². The molecule has 3 aromatic heterocycles. The van der Waals surface area contributed by atoms with Crippen LogP contribution >= 0.6 is 27.5 Å². The number of furan rings is 1. The third kappa shape index (κ3) is 5.01. The Labute approximate surface area is 188 Å². The van der Waals surface area contributed by atoms with Crippen molar-refractivity contribution in [2.75, 3.05) is 5.32 Å². The van der Waals surface area contributed by atoms with E-state index in [0.29, 0.717) is 23.0 Å². The molecule has 10 nitrogen and oxygen atoms in total. The maximum absolute atomic E-state index is 12.5. The largest absolute Gasteiger partial charge is 0.454 e. The number of aromatic nitrogens is 4. The molecule has 0 spiro atoms. The van der Waals surface area contributed by atoms with Gasteiger partial charge in [0, 0.05) is 11.2 Å². The monoisotopic (exact) mass is 504 g/mol. The highest BCUT2D eigenvalue weighted by atomic mass is 79.9. The van der Waals surface area contributed by atoms with Crippen LogP contribution in [0.4, 0.5) is 11.5 Å². The van der Waals surface area contributed by atoms with Crippen molar-refractivity contribution < 1.29 is 14.1 Å². The van der Waals surface area contributed by atoms with E-state index in [1.165, 1.54) is 23.1 Å². The Morgan fingerprint density at radius 3 is 2.65 bits per heavy atom. The molecule has 0 unspecified atom stereocenters. The molecule has 0 aliphatic rings. The summed E-state index contributed by atoms with van der Waals surface area (Å²) in [5.74, 6) is -0.209. The molecule has 31 heavy (non-hydrogen) atoms. The van der Waals surface area contributed by atoms with Gasteiger partial charge >= 0.3 is 5.82 Å². The van der Waals surface area contributed by atoms with Gasteiger partial charge < -0.3 is 19.8 Å². The summed E-state index contributed by atoms with van der Waals surface area (Å²) >= 11 is 8.98. The number of hydrogen-bond acceptors (Lipinski definition) is 6. The normalized spacial score (nSPS) is 10.9. The highest BCUT2D eigenvalue weighted by Gasteiger charge is 2.20. The average molecular weight is 506 g/mol. The second-order valence-electron chi connectivity index (χ2n) is 6.53. The first-order valence-electron chi connectivity index (χ1n) is 8.91. The van der Waals surface area contributed by atoms with Crippen molar-refractivity contribution >= 4 is 44.9 Å². The molecule has 0 saturated heterocycles. The van der Waals surface area contributed by atoms with Crippen LogP contribution in [0.2, 0.25) is 5.02 Å². The van der Waals surface area contributed by atoms with E-state index in [1.807, 2.05) is 12.1 Å². The van der Waals surface area contributed by atoms with Crippen LogP contribution in [0.5, 0.6) is 0 Å². The lowest BCUT2D eigenvalue weighted by atomic mass is 10.2. The quantitative estimate of drug-likeness (QED) is 0.294. The Hall–Kier alpha value is -3.44. The molecule has 0 atom stereocenters. The number of carbonyl (C=O) groups is 1. The van der Waals surface area contributed by atoms with E-state index in [2.05, 4.69) is 31.4 Å². The second-order valence-corrected chi connectivity index (χ2v) is 7.82. The third-order valence-corrected chi connectivity index (χ3v) is 5.04. The number of benzene rings is 1. The van der Waals surface area contributed by atoms with Crippen LogP contribution in [0.3, 0.4) is 0 Å². The molecule has 0 saturated carbocycles. The van der Waals surface area contributed by atoms with Gasteiger partial charge in [0.15, 0.2) is 5.76 Å². The smallest absolute Gasteiger partial charge is 0.404 e. The average Bonchev–Trinajstić information content (AvgIpc) is 3.45. The van der Waals surface area contributed by atoms with E-state index in [1.54, 1.807) is 29.1 Å². The number of nitrogens with one attached hydrogen (secondary N) is 1. The van der Waals surface area contributed by atoms with Crippen LogP contribution in [0.1, 0.15) is 21.9 Å². The Kier molecular flexibility index (Phi) is 5.87. The van der Waals surface area contributed by atoms with Crippen LogP contribution in [0, 0.1) is 10.1 Å². The highest BCUT2D eigenvalue weighted by Crippen LogP contribution is 2.23. The zero-order valence-electron chi connectivity index (χ0n) is 15.7. The minimum atomic E-state index is -0.589. The number of nitro groups is 1. The summed E-state index contributed by atoms with van der Waals surface area (Å²) in [6, 6.07) is 10.5. The minimum absolute atomic E-state index is 0.0983. The lowest BCUT2D eigenvalue weighted by Crippen LogP contribution is -2.10. The molecular formula is C19H14BrClN6O4. The van der Waals surface area contributed by atoms with E-state index < -0.39 is 10.8 Å². The van der Waals surface area contributed by atoms with Crippen LogP contribution in [-0.2, 0) is 13.1 Å². The number of amides is 1. The Balaban J connectivity index is 1.38. The van der Waals surface area contributed by atoms with Crippen LogP contribution in [-0.4, -0.2) is 30.4 Å². The summed E-state index contributed by atoms with van der Waals surface area (Å²) in [5.41, 5.74) is 1.54. The maximum Gasteiger partial charge on any atom is 0.404 e. The molecule has 4 aromatic rings. The van der Waals surface area contributed by atoms with Crippen molar-refractivity contribution in [2.24, 2.45) is 0 Å². The lowest BCUT2D eigenvalue weighted by Gasteiger charge is -2.02. The molecule has 4 rings (SSSR count). The van der Waals surface area contributed by atoms with Crippen molar-refractivity contribution in [3.8, 4) is 0 Å². The maximum atomic E-state index is 12.5. The van der Waals surface area contributed by atoms with E-state index >= 15 is 0 Å². The third-order valence-electron chi connectivity index (χ3n) is 4.22. The van der Waals surface area contributed by atoms with Crippen molar-refractivity contribution in [1.82, 2.24) is 19.6 Å². The number of carbonyl (C=O) groups excluding carboxylic acids is 1. The summed E-state index contributed by atoms with van der Waals surface area (Å²) < 4.78 is 8.85. The highest BCUT2D eigenvalue weighted by molar-refractivity contribution is 9.10. The van der Waals surface area contributed by atoms with Gasteiger partial charge in [-0.25, -0.2) is 0 Å². The van der Waals surface area contributed by atoms with Gasteiger partial charge in [0.2, 0.25) is 0 Å². The summed E-state index contributed by atoms with van der Waals surface area (Å²) in [6.07, 6.45) is 4.71. The van der Waals surface area contributed by atoms with Crippen LogP contribution in [0.25, 0.3) is 0 Å². The molecule has 12 heteroatoms. The summed E-state index contributed by atoms with van der Waals surface area (Å²) in [7, 11) is 0. The van der Waals surface area contributed by atoms with Crippen molar-refractivity contribution in [2.45, 2.75) is 13.1 Å². The molecule has 1 amide bonds. The molecule has 0 radical (unpaired) electrons. The Morgan fingerprint density at radius 2 is 1.94 bits per heavy atom. The van der Waals surface area contributed by atoms with E-state index in [-0.39, 0.29) is 22.6 Å². The molecule has 158 valence electrons. The zero-order chi connectivity index (χ0) is 22.0. The van der Waals surface area contributed by atoms with E-state index in [4.69, 9.17) is 16.0 Å². The fourth-order valence-electron chi connectivity index (χ4n) is 2.82. The predicted octanol–water partition coefficient (Wildman–Crippen LogP) is 4.35. The molecule has 1 aromatic carbocycles. The minimum Gasteiger partial charge on any atom is -0.454 e. The predicted molar refractivity (Wildman–Crippen MR) is 115 cm³/mol. The van der Waals surface area contributed by atoms with Gasteiger partial charge in [-0.05, 0) is 50.7 Å². The number of halogens is 2. The summed E-state index contributed by atoms with van der Waals surface area (Å²) in [4.78, 5) is 22.8. The molecule has 0 aliphatic heterocycles. The second kappa shape index (κ2) is 8.74. The molecule has 0 bridgehead atoms. The molecular weight excluding hydrogens is 492 g/mol. The fraction of sp³-hybridized carbons (Fsp3) is 0.105. The van der Waals surface area contributed by atoms with Gasteiger partial charge in [0.25, 0.3) is 5.91 Å². The SMILES string of the molecule is O=C(Nc1cnn(Cc2ccc(Cl)cc2)c1)c1ccc(Cn2cc(Br)c([N+](=O)[O-])n2)o1. The summed E-state index contributed by atoms with van der Waals surface area (Å²) in [5, 5.41) is 22.4. The van der Waals surface area contributed by atoms with E-state index in [9.17, 15) is 14.9 Å². The Bertz CT molecular complexity index is 1250. The van der Waals surface area contributed by atoms with Gasteiger partial charge in [0.05, 0.1) is 29.7 Å². The first-order chi connectivity index (χ1) is 14.9. The van der Waals surface area contributed by atoms with Crippen molar-refractivity contribution in [3.05, 3.63) is 91.7 Å². The van der Waals surface area contributed by atoms with Crippen LogP contribution in [0.15, 0.2) is 63.9 Å². The number of nitrogens with zero attached hydrogens (tertiary/aromatic N) is 5. The van der Waals surface area contributed by atoms with Crippen molar-refractivity contribution in [3.63, 3.8) is 0 Å². The number of rotatable bonds is 7. The first-order valence-corrected chi connectivity index (χ1v) is 10.1. The van der Waals surface area contributed by atoms with Gasteiger partial charge in [-0.15, -0.1) is 0 Å². The number of hydrogen-bond donors (Lipinski definition) is 1. The Morgan fingerprint density at radius 1 is 1.16 bits per heavy atom. The van der Waals surface area contributed by atoms with Gasteiger partial charge in [-0.2, -0.15) is 9.78 Å². The zero-order valence-corrected chi connectivity index (χ0v) is 18.1. The van der Waals surface area contributed by atoms with Gasteiger partial charge in [0.1, 0.15) is 16.8 Å². The fourth-order valence-corrected chi connectivity index (χ4v) is 3.41. The molecule has 0 aliphatic carbocycles. The van der Waals surface area contributed by atoms with Crippen LogP contribution < -0.4 is 5.32 Å². The number of anilines is 1.